The van der Waals surface area contributed by atoms with E-state index in [-0.39, 0.29) is 0 Å². The summed E-state index contributed by atoms with van der Waals surface area (Å²) in [5.74, 6) is 1.87. The van der Waals surface area contributed by atoms with Crippen molar-refractivity contribution >= 4 is 11.6 Å². The molecule has 0 aromatic heterocycles. The maximum absolute atomic E-state index is 6.17. The molecule has 98 valence electrons. The van der Waals surface area contributed by atoms with Gasteiger partial charge < -0.3 is 4.74 Å². The molecule has 0 spiro atoms. The Labute approximate surface area is 123 Å². The molecule has 3 aromatic rings. The standard InChI is InChI=1S/C20H12O/c1-4-10-18-13(6-1)12-17-15-8-3-2-7-14(15)16-9-5-11-19(21-18)20(16)17/h1-12H. The van der Waals surface area contributed by atoms with Crippen LogP contribution in [0.1, 0.15) is 16.7 Å². The van der Waals surface area contributed by atoms with Crippen LogP contribution in [0.25, 0.3) is 22.8 Å². The van der Waals surface area contributed by atoms with E-state index in [1.807, 2.05) is 12.1 Å². The van der Waals surface area contributed by atoms with Crippen LogP contribution in [-0.2, 0) is 0 Å². The first kappa shape index (κ1) is 10.9. The first-order valence-electron chi connectivity index (χ1n) is 7.13. The lowest BCUT2D eigenvalue weighted by molar-refractivity contribution is 0.481. The number of hydrogen-bond acceptors (Lipinski definition) is 1. The van der Waals surface area contributed by atoms with Gasteiger partial charge in [0.15, 0.2) is 0 Å². The maximum atomic E-state index is 6.17. The molecule has 1 aliphatic carbocycles. The Morgan fingerprint density at radius 1 is 0.571 bits per heavy atom. The van der Waals surface area contributed by atoms with Crippen molar-refractivity contribution in [3.63, 3.8) is 0 Å². The Bertz CT molecular complexity index is 919. The van der Waals surface area contributed by atoms with Gasteiger partial charge in [0.25, 0.3) is 0 Å². The summed E-state index contributed by atoms with van der Waals surface area (Å²) < 4.78 is 6.17. The molecular weight excluding hydrogens is 256 g/mol. The van der Waals surface area contributed by atoms with Gasteiger partial charge in [0, 0.05) is 11.1 Å². The number of para-hydroxylation sites is 1. The Morgan fingerprint density at radius 2 is 1.29 bits per heavy atom. The normalized spacial score (nSPS) is 13.4. The van der Waals surface area contributed by atoms with Crippen LogP contribution in [-0.4, -0.2) is 0 Å². The molecule has 0 amide bonds. The molecule has 0 fully saturated rings. The van der Waals surface area contributed by atoms with Crippen LogP contribution < -0.4 is 4.74 Å². The number of hydrogen-bond donors (Lipinski definition) is 0. The van der Waals surface area contributed by atoms with Gasteiger partial charge in [0.05, 0.1) is 0 Å². The van der Waals surface area contributed by atoms with Crippen molar-refractivity contribution in [1.82, 2.24) is 0 Å². The van der Waals surface area contributed by atoms with E-state index in [1.54, 1.807) is 0 Å². The lowest BCUT2D eigenvalue weighted by Crippen LogP contribution is -1.88. The number of rotatable bonds is 0. The third kappa shape index (κ3) is 1.40. The monoisotopic (exact) mass is 268 g/mol. The summed E-state index contributed by atoms with van der Waals surface area (Å²) in [4.78, 5) is 0. The van der Waals surface area contributed by atoms with E-state index in [0.29, 0.717) is 0 Å². The van der Waals surface area contributed by atoms with Crippen molar-refractivity contribution in [3.8, 4) is 22.6 Å². The average molecular weight is 268 g/mol. The molecule has 0 unspecified atom stereocenters. The Kier molecular flexibility index (Phi) is 2.01. The van der Waals surface area contributed by atoms with Crippen molar-refractivity contribution < 1.29 is 4.74 Å². The minimum Gasteiger partial charge on any atom is -0.456 e. The van der Waals surface area contributed by atoms with Crippen LogP contribution in [0.3, 0.4) is 0 Å². The number of ether oxygens (including phenoxy) is 1. The minimum atomic E-state index is 0.922. The van der Waals surface area contributed by atoms with Crippen LogP contribution in [0.15, 0.2) is 66.7 Å². The van der Waals surface area contributed by atoms with Crippen LogP contribution in [0, 0.1) is 0 Å². The zero-order chi connectivity index (χ0) is 13.8. The van der Waals surface area contributed by atoms with E-state index >= 15 is 0 Å². The second kappa shape index (κ2) is 3.86. The molecule has 3 aromatic carbocycles. The summed E-state index contributed by atoms with van der Waals surface area (Å²) in [6.07, 6.45) is 2.25. The smallest absolute Gasteiger partial charge is 0.135 e. The van der Waals surface area contributed by atoms with Crippen molar-refractivity contribution in [1.29, 1.82) is 0 Å². The van der Waals surface area contributed by atoms with E-state index in [2.05, 4.69) is 60.7 Å². The summed E-state index contributed by atoms with van der Waals surface area (Å²) in [6.45, 7) is 0. The Hall–Kier alpha value is -2.80. The van der Waals surface area contributed by atoms with Gasteiger partial charge in [-0.25, -0.2) is 0 Å². The summed E-state index contributed by atoms with van der Waals surface area (Å²) in [5.41, 5.74) is 7.47. The largest absolute Gasteiger partial charge is 0.456 e. The molecule has 0 bridgehead atoms. The molecule has 21 heavy (non-hydrogen) atoms. The van der Waals surface area contributed by atoms with Gasteiger partial charge in [-0.05, 0) is 40.5 Å². The third-order valence-corrected chi connectivity index (χ3v) is 4.24. The highest BCUT2D eigenvalue weighted by Gasteiger charge is 2.28. The quantitative estimate of drug-likeness (QED) is 0.367. The third-order valence-electron chi connectivity index (χ3n) is 4.24. The first-order valence-corrected chi connectivity index (χ1v) is 7.13. The molecule has 1 heterocycles. The summed E-state index contributed by atoms with van der Waals surface area (Å²) >= 11 is 0. The molecule has 2 aliphatic rings. The van der Waals surface area contributed by atoms with Crippen molar-refractivity contribution in [2.75, 3.05) is 0 Å². The first-order chi connectivity index (χ1) is 10.4. The zero-order valence-corrected chi connectivity index (χ0v) is 11.3. The van der Waals surface area contributed by atoms with Gasteiger partial charge in [-0.2, -0.15) is 0 Å². The minimum absolute atomic E-state index is 0.922. The molecule has 5 rings (SSSR count). The molecule has 0 atom stereocenters. The summed E-state index contributed by atoms with van der Waals surface area (Å²) in [6, 6.07) is 23.1. The van der Waals surface area contributed by atoms with Gasteiger partial charge in [-0.15, -0.1) is 0 Å². The molecule has 1 aliphatic heterocycles. The molecule has 0 saturated heterocycles. The van der Waals surface area contributed by atoms with E-state index in [1.165, 1.54) is 27.8 Å². The van der Waals surface area contributed by atoms with Gasteiger partial charge >= 0.3 is 0 Å². The average Bonchev–Trinajstić information content (AvgIpc) is 2.74. The fourth-order valence-electron chi connectivity index (χ4n) is 3.32. The van der Waals surface area contributed by atoms with Crippen LogP contribution in [0.2, 0.25) is 0 Å². The topological polar surface area (TPSA) is 9.23 Å². The fraction of sp³-hybridized carbons (Fsp3) is 0. The van der Waals surface area contributed by atoms with Gasteiger partial charge in [0.2, 0.25) is 0 Å². The number of fused-ring (bicyclic) bond motifs is 4. The highest BCUT2D eigenvalue weighted by atomic mass is 16.5. The van der Waals surface area contributed by atoms with Crippen molar-refractivity contribution in [3.05, 3.63) is 83.4 Å². The molecule has 0 saturated carbocycles. The molecular formula is C20H12O. The fourth-order valence-corrected chi connectivity index (χ4v) is 3.32. The van der Waals surface area contributed by atoms with E-state index in [9.17, 15) is 0 Å². The highest BCUT2D eigenvalue weighted by molar-refractivity contribution is 6.09. The van der Waals surface area contributed by atoms with E-state index in [4.69, 9.17) is 4.74 Å². The zero-order valence-electron chi connectivity index (χ0n) is 11.3. The predicted molar refractivity (Wildman–Crippen MR) is 85.4 cm³/mol. The molecule has 0 N–H and O–H groups in total. The van der Waals surface area contributed by atoms with E-state index in [0.717, 1.165) is 17.1 Å². The van der Waals surface area contributed by atoms with Crippen LogP contribution in [0.5, 0.6) is 11.5 Å². The lowest BCUT2D eigenvalue weighted by Gasteiger charge is -2.09. The SMILES string of the molecule is C1=C2c3ccccc3-c3cccc(c32)Oc2ccccc21. The van der Waals surface area contributed by atoms with E-state index < -0.39 is 0 Å². The maximum Gasteiger partial charge on any atom is 0.135 e. The van der Waals surface area contributed by atoms with Crippen molar-refractivity contribution in [2.45, 2.75) is 0 Å². The summed E-state index contributed by atoms with van der Waals surface area (Å²) in [5, 5.41) is 0. The van der Waals surface area contributed by atoms with Gasteiger partial charge in [-0.1, -0.05) is 54.6 Å². The lowest BCUT2D eigenvalue weighted by atomic mass is 10.0. The Balaban J connectivity index is 1.93. The van der Waals surface area contributed by atoms with Crippen LogP contribution in [0.4, 0.5) is 0 Å². The summed E-state index contributed by atoms with van der Waals surface area (Å²) in [7, 11) is 0. The predicted octanol–water partition coefficient (Wildman–Crippen LogP) is 5.36. The van der Waals surface area contributed by atoms with Gasteiger partial charge in [0.1, 0.15) is 11.5 Å². The van der Waals surface area contributed by atoms with Gasteiger partial charge in [-0.3, -0.25) is 0 Å². The molecule has 1 nitrogen and oxygen atoms in total. The Morgan fingerprint density at radius 3 is 2.24 bits per heavy atom. The second-order valence-electron chi connectivity index (χ2n) is 5.42. The second-order valence-corrected chi connectivity index (χ2v) is 5.42. The molecule has 0 radical (unpaired) electrons. The highest BCUT2D eigenvalue weighted by Crippen LogP contribution is 2.51. The molecule has 1 heteroatoms. The van der Waals surface area contributed by atoms with Crippen LogP contribution >= 0.6 is 0 Å². The number of benzene rings is 3. The van der Waals surface area contributed by atoms with Crippen molar-refractivity contribution in [2.24, 2.45) is 0 Å².